The van der Waals surface area contributed by atoms with Crippen LogP contribution < -0.4 is 0 Å². The number of nitrogens with zero attached hydrogens (tertiary/aromatic N) is 2. The quantitative estimate of drug-likeness (QED) is 0.594. The molecule has 12 nitrogen and oxygen atoms in total. The molecule has 2 aromatic rings. The van der Waals surface area contributed by atoms with Crippen molar-refractivity contribution in [3.63, 3.8) is 0 Å². The first kappa shape index (κ1) is 30.7. The van der Waals surface area contributed by atoms with Gasteiger partial charge in [-0.05, 0) is 18.1 Å². The molecule has 4 rings (SSSR count). The third-order valence-corrected chi connectivity index (χ3v) is 4.78. The number of carbonyl (C=O) groups excluding carboxylic acids is 6. The Morgan fingerprint density at radius 3 is 1.70 bits per heavy atom. The molecular weight excluding hydrogens is 488 g/mol. The van der Waals surface area contributed by atoms with Crippen molar-refractivity contribution in [2.24, 2.45) is 0 Å². The Kier molecular flexibility index (Phi) is 15.7. The molecule has 2 amide bonds. The number of amides is 2. The van der Waals surface area contributed by atoms with Crippen LogP contribution in [0.25, 0.3) is 0 Å². The van der Waals surface area contributed by atoms with E-state index in [0.29, 0.717) is 46.4 Å². The molecule has 0 bridgehead atoms. The summed E-state index contributed by atoms with van der Waals surface area (Å²) in [6.45, 7) is 5.03. The van der Waals surface area contributed by atoms with E-state index in [4.69, 9.17) is 38.1 Å². The van der Waals surface area contributed by atoms with Gasteiger partial charge in [0.2, 0.25) is 0 Å². The highest BCUT2D eigenvalue weighted by molar-refractivity contribution is 5.68. The molecule has 0 unspecified atom stereocenters. The molecule has 2 aromatic carbocycles. The smallest absolute Gasteiger partial charge is 0.412 e. The third kappa shape index (κ3) is 12.8. The van der Waals surface area contributed by atoms with E-state index in [1.165, 1.54) is 0 Å². The number of hydrogen-bond acceptors (Lipinski definition) is 10. The van der Waals surface area contributed by atoms with E-state index in [1.807, 2.05) is 67.6 Å². The fraction of sp³-hybridized carbons (Fsp3) is 0.360. The average Bonchev–Trinajstić information content (AvgIpc) is 3.61. The Morgan fingerprint density at radius 1 is 0.811 bits per heavy atom. The number of rotatable bonds is 4. The first-order valence-corrected chi connectivity index (χ1v) is 11.0. The van der Waals surface area contributed by atoms with Crippen LogP contribution in [-0.2, 0) is 51.3 Å². The summed E-state index contributed by atoms with van der Waals surface area (Å²) in [5, 5.41) is 0. The monoisotopic (exact) mass is 516 g/mol. The molecular formula is C25H28N2O10. The molecule has 198 valence electrons. The molecule has 12 heteroatoms. The van der Waals surface area contributed by atoms with E-state index in [-0.39, 0.29) is 30.5 Å². The van der Waals surface area contributed by atoms with Gasteiger partial charge in [-0.1, -0.05) is 60.7 Å². The summed E-state index contributed by atoms with van der Waals surface area (Å²) in [6.07, 6.45) is -0.120. The zero-order valence-corrected chi connectivity index (χ0v) is 20.3. The van der Waals surface area contributed by atoms with Crippen molar-refractivity contribution in [2.75, 3.05) is 33.2 Å². The van der Waals surface area contributed by atoms with Gasteiger partial charge in [-0.3, -0.25) is 9.80 Å². The maximum absolute atomic E-state index is 11.7. The molecule has 2 heterocycles. The second kappa shape index (κ2) is 18.9. The first-order valence-electron chi connectivity index (χ1n) is 11.0. The van der Waals surface area contributed by atoms with Crippen molar-refractivity contribution in [1.82, 2.24) is 9.80 Å². The number of hydrogen-bond donors (Lipinski definition) is 0. The highest BCUT2D eigenvalue weighted by Crippen LogP contribution is 2.11. The molecule has 2 aliphatic rings. The molecule has 0 radical (unpaired) electrons. The predicted molar refractivity (Wildman–Crippen MR) is 123 cm³/mol. The summed E-state index contributed by atoms with van der Waals surface area (Å²) in [5.41, 5.74) is 1.98. The Bertz CT molecular complexity index is 973. The van der Waals surface area contributed by atoms with E-state index in [2.05, 4.69) is 0 Å². The molecule has 0 aliphatic carbocycles. The predicted octanol–water partition coefficient (Wildman–Crippen LogP) is 2.45. The lowest BCUT2D eigenvalue weighted by Gasteiger charge is -2.18. The Hall–Kier alpha value is -4.34. The van der Waals surface area contributed by atoms with Gasteiger partial charge in [-0.2, -0.15) is 19.2 Å². The molecule has 0 spiro atoms. The number of carbonyl (C=O) groups is 2. The van der Waals surface area contributed by atoms with Crippen LogP contribution in [0.2, 0.25) is 0 Å². The van der Waals surface area contributed by atoms with Gasteiger partial charge in [0.1, 0.15) is 26.7 Å². The molecule has 2 fully saturated rings. The molecule has 2 aliphatic heterocycles. The van der Waals surface area contributed by atoms with E-state index >= 15 is 0 Å². The maximum atomic E-state index is 11.7. The minimum absolute atomic E-state index is 0.100. The van der Waals surface area contributed by atoms with Crippen LogP contribution in [0.1, 0.15) is 18.1 Å². The van der Waals surface area contributed by atoms with Gasteiger partial charge in [-0.25, -0.2) is 9.59 Å². The van der Waals surface area contributed by atoms with Gasteiger partial charge in [0.25, 0.3) is 0 Å². The Balaban J connectivity index is 0.000000306. The summed E-state index contributed by atoms with van der Waals surface area (Å²) in [6, 6.07) is 19.3. The average molecular weight is 517 g/mol. The van der Waals surface area contributed by atoms with Gasteiger partial charge in [0, 0.05) is 6.54 Å². The van der Waals surface area contributed by atoms with Crippen LogP contribution in [-0.4, -0.2) is 73.6 Å². The summed E-state index contributed by atoms with van der Waals surface area (Å²) in [4.78, 5) is 58.7. The molecule has 37 heavy (non-hydrogen) atoms. The van der Waals surface area contributed by atoms with Gasteiger partial charge >= 0.3 is 24.5 Å². The topological polar surface area (TPSA) is 146 Å². The lowest BCUT2D eigenvalue weighted by molar-refractivity contribution is -0.193. The van der Waals surface area contributed by atoms with Crippen molar-refractivity contribution in [1.29, 1.82) is 0 Å². The van der Waals surface area contributed by atoms with Crippen molar-refractivity contribution >= 4 is 24.5 Å². The Morgan fingerprint density at radius 2 is 1.30 bits per heavy atom. The van der Waals surface area contributed by atoms with E-state index in [1.54, 1.807) is 9.80 Å². The lowest BCUT2D eigenvalue weighted by atomic mass is 10.2. The minimum Gasteiger partial charge on any atom is -0.444 e. The van der Waals surface area contributed by atoms with Crippen LogP contribution in [0.3, 0.4) is 0 Å². The van der Waals surface area contributed by atoms with E-state index in [0.717, 1.165) is 11.1 Å². The van der Waals surface area contributed by atoms with Crippen LogP contribution in [0.4, 0.5) is 9.59 Å². The lowest BCUT2D eigenvalue weighted by Crippen LogP contribution is -2.34. The van der Waals surface area contributed by atoms with Crippen molar-refractivity contribution < 1.29 is 47.7 Å². The fourth-order valence-corrected chi connectivity index (χ4v) is 2.94. The normalized spacial score (nSPS) is 15.2. The molecule has 0 N–H and O–H groups in total. The van der Waals surface area contributed by atoms with Crippen LogP contribution in [0.15, 0.2) is 60.7 Å². The zero-order valence-electron chi connectivity index (χ0n) is 20.3. The summed E-state index contributed by atoms with van der Waals surface area (Å²) in [5.74, 6) is 0. The second-order valence-corrected chi connectivity index (χ2v) is 7.37. The molecule has 1 atom stereocenters. The van der Waals surface area contributed by atoms with Gasteiger partial charge < -0.3 is 18.9 Å². The number of benzene rings is 2. The van der Waals surface area contributed by atoms with Crippen molar-refractivity contribution in [2.45, 2.75) is 26.2 Å². The summed E-state index contributed by atoms with van der Waals surface area (Å²) >= 11 is 0. The second-order valence-electron chi connectivity index (χ2n) is 7.37. The van der Waals surface area contributed by atoms with E-state index < -0.39 is 0 Å². The summed E-state index contributed by atoms with van der Waals surface area (Å²) < 4.78 is 20.5. The molecule has 2 saturated heterocycles. The first-order chi connectivity index (χ1) is 18.0. The SMILES string of the molecule is C[C@@H]1COCN1C(=O)OCc1ccccc1.O=C(OCc1ccccc1)N1CCOC1.O=C=O.O=C=O. The van der Waals surface area contributed by atoms with Gasteiger partial charge in [-0.15, -0.1) is 0 Å². The molecule has 0 aromatic heterocycles. The van der Waals surface area contributed by atoms with Gasteiger partial charge in [0.05, 0.1) is 19.3 Å². The number of ether oxygens (including phenoxy) is 4. The third-order valence-electron chi connectivity index (χ3n) is 4.78. The van der Waals surface area contributed by atoms with Crippen molar-refractivity contribution in [3.05, 3.63) is 71.8 Å². The summed E-state index contributed by atoms with van der Waals surface area (Å²) in [7, 11) is 0. The van der Waals surface area contributed by atoms with E-state index in [9.17, 15) is 9.59 Å². The maximum Gasteiger partial charge on any atom is 0.412 e. The highest BCUT2D eigenvalue weighted by Gasteiger charge is 2.27. The van der Waals surface area contributed by atoms with Crippen LogP contribution in [0, 0.1) is 0 Å². The zero-order chi connectivity index (χ0) is 27.3. The Labute approximate surface area is 213 Å². The standard InChI is InChI=1S/C12H15NO3.C11H13NO3.2CO2/c1-10-7-15-9-13(10)12(14)16-8-11-5-3-2-4-6-11;13-11(12-6-7-14-9-12)15-8-10-4-2-1-3-5-10;2*2-1-3/h2-6,10H,7-9H2,1H3;1-5H,6-9H2;;/t10-;;;/m1.../s1. The highest BCUT2D eigenvalue weighted by atomic mass is 16.6. The van der Waals surface area contributed by atoms with Crippen LogP contribution >= 0.6 is 0 Å². The molecule has 0 saturated carbocycles. The largest absolute Gasteiger partial charge is 0.444 e. The van der Waals surface area contributed by atoms with Crippen molar-refractivity contribution in [3.8, 4) is 0 Å². The fourth-order valence-electron chi connectivity index (χ4n) is 2.94. The van der Waals surface area contributed by atoms with Crippen LogP contribution in [0.5, 0.6) is 0 Å². The minimum atomic E-state index is -0.311. The van der Waals surface area contributed by atoms with Gasteiger partial charge in [0.15, 0.2) is 0 Å².